The minimum atomic E-state index is -0.930. The normalized spacial score (nSPS) is 25.8. The fourth-order valence-electron chi connectivity index (χ4n) is 5.61. The van der Waals surface area contributed by atoms with E-state index in [1.54, 1.807) is 4.68 Å². The minimum absolute atomic E-state index is 0.153. The highest BCUT2D eigenvalue weighted by atomic mass is 19.1. The van der Waals surface area contributed by atoms with Crippen molar-refractivity contribution >= 4 is 16.7 Å². The van der Waals surface area contributed by atoms with Gasteiger partial charge >= 0.3 is 6.01 Å². The van der Waals surface area contributed by atoms with Crippen LogP contribution in [-0.2, 0) is 4.74 Å². The van der Waals surface area contributed by atoms with Crippen molar-refractivity contribution in [1.82, 2.24) is 24.6 Å². The maximum Gasteiger partial charge on any atom is 0.320 e. The number of alkyl halides is 1. The molecule has 3 aliphatic heterocycles. The second kappa shape index (κ2) is 9.00. The van der Waals surface area contributed by atoms with Crippen molar-refractivity contribution < 1.29 is 19.0 Å². The first kappa shape index (κ1) is 22.6. The lowest BCUT2D eigenvalue weighted by molar-refractivity contribution is 0.0728. The number of benzene rings is 1. The summed E-state index contributed by atoms with van der Waals surface area (Å²) in [5.74, 6) is 1.10. The number of aliphatic hydroxyl groups is 1. The summed E-state index contributed by atoms with van der Waals surface area (Å²) in [7, 11) is 1.53. The number of hydrogen-bond acceptors (Lipinski definition) is 8. The van der Waals surface area contributed by atoms with Crippen LogP contribution in [0.4, 0.5) is 10.2 Å². The molecule has 0 spiro atoms. The van der Waals surface area contributed by atoms with Gasteiger partial charge in [0.25, 0.3) is 0 Å². The lowest BCUT2D eigenvalue weighted by Crippen LogP contribution is -2.51. The van der Waals surface area contributed by atoms with Crippen LogP contribution in [0.15, 0.2) is 24.4 Å². The third-order valence-electron chi connectivity index (χ3n) is 7.61. The van der Waals surface area contributed by atoms with Crippen LogP contribution in [0.1, 0.15) is 29.9 Å². The van der Waals surface area contributed by atoms with E-state index < -0.39 is 6.17 Å². The van der Waals surface area contributed by atoms with E-state index in [9.17, 15) is 5.11 Å². The number of aliphatic hydroxyl groups excluding tert-OH is 1. The number of halogens is 1. The number of aromatic nitrogens is 4. The first-order chi connectivity index (χ1) is 17.0. The number of nitrogens with zero attached hydrogens (tertiary/aromatic N) is 6. The molecule has 2 aromatic heterocycles. The van der Waals surface area contributed by atoms with E-state index in [1.807, 2.05) is 17.2 Å². The molecule has 1 aromatic carbocycles. The smallest absolute Gasteiger partial charge is 0.320 e. The molecule has 35 heavy (non-hydrogen) atoms. The van der Waals surface area contributed by atoms with Gasteiger partial charge in [0, 0.05) is 49.7 Å². The van der Waals surface area contributed by atoms with Crippen LogP contribution in [0.3, 0.4) is 0 Å². The second-order valence-electron chi connectivity index (χ2n) is 9.88. The first-order valence-electron chi connectivity index (χ1n) is 12.3. The van der Waals surface area contributed by atoms with Crippen LogP contribution in [0, 0.1) is 6.92 Å². The van der Waals surface area contributed by atoms with E-state index in [0.29, 0.717) is 43.9 Å². The number of aryl methyl sites for hydroxylation is 1. The van der Waals surface area contributed by atoms with Crippen molar-refractivity contribution in [2.75, 3.05) is 51.4 Å². The predicted molar refractivity (Wildman–Crippen MR) is 129 cm³/mol. The molecule has 6 rings (SSSR count). The van der Waals surface area contributed by atoms with Crippen molar-refractivity contribution in [2.45, 2.75) is 44.0 Å². The van der Waals surface area contributed by atoms with Gasteiger partial charge in [-0.1, -0.05) is 0 Å². The van der Waals surface area contributed by atoms with E-state index >= 15 is 4.39 Å². The zero-order valence-electron chi connectivity index (χ0n) is 20.1. The summed E-state index contributed by atoms with van der Waals surface area (Å²) in [5, 5.41) is 15.3. The summed E-state index contributed by atoms with van der Waals surface area (Å²) in [4.78, 5) is 13.2. The average Bonchev–Trinajstić information content (AvgIpc) is 3.51. The molecule has 3 unspecified atom stereocenters. The first-order valence-corrected chi connectivity index (χ1v) is 12.3. The van der Waals surface area contributed by atoms with Gasteiger partial charge in [0.1, 0.15) is 12.0 Å². The van der Waals surface area contributed by atoms with Gasteiger partial charge in [-0.05, 0) is 49.6 Å². The summed E-state index contributed by atoms with van der Waals surface area (Å²) in [6.45, 7) is 5.90. The molecule has 0 bridgehead atoms. The fourth-order valence-corrected chi connectivity index (χ4v) is 5.61. The van der Waals surface area contributed by atoms with Crippen molar-refractivity contribution in [3.05, 3.63) is 35.5 Å². The molecule has 3 aromatic rings. The Morgan fingerprint density at radius 1 is 1.11 bits per heavy atom. The van der Waals surface area contributed by atoms with Crippen LogP contribution in [0.5, 0.6) is 6.01 Å². The zero-order valence-corrected chi connectivity index (χ0v) is 20.1. The Hall–Kier alpha value is -2.82. The average molecular weight is 483 g/mol. The van der Waals surface area contributed by atoms with Gasteiger partial charge in [0.2, 0.25) is 0 Å². The molecule has 3 atom stereocenters. The Morgan fingerprint density at radius 2 is 1.94 bits per heavy atom. The van der Waals surface area contributed by atoms with Crippen molar-refractivity contribution in [3.8, 4) is 11.8 Å². The molecule has 3 fully saturated rings. The van der Waals surface area contributed by atoms with E-state index in [4.69, 9.17) is 9.47 Å². The standard InChI is InChI=1S/C25H31FN6O3/c1-15-7-16-10-27-32(24-9-23(28-25(29-24)34-2)31-11-18(33)12-31)22(16)8-20(15)19-3-5-30(13-21(19)26)17-4-6-35-14-17/h7-10,17-19,21,33H,3-6,11-14H2,1-2H3. The van der Waals surface area contributed by atoms with Gasteiger partial charge in [0.15, 0.2) is 5.82 Å². The third kappa shape index (κ3) is 4.13. The lowest BCUT2D eigenvalue weighted by atomic mass is 9.84. The molecule has 0 amide bonds. The second-order valence-corrected chi connectivity index (χ2v) is 9.88. The number of methoxy groups -OCH3 is 1. The summed E-state index contributed by atoms with van der Waals surface area (Å²) in [6, 6.07) is 6.59. The third-order valence-corrected chi connectivity index (χ3v) is 7.61. The maximum atomic E-state index is 15.5. The summed E-state index contributed by atoms with van der Waals surface area (Å²) < 4.78 is 28.1. The number of likely N-dealkylation sites (tertiary alicyclic amines) is 1. The van der Waals surface area contributed by atoms with Gasteiger partial charge < -0.3 is 19.5 Å². The number of anilines is 1. The van der Waals surface area contributed by atoms with Gasteiger partial charge in [-0.2, -0.15) is 15.1 Å². The molecular weight excluding hydrogens is 451 g/mol. The Labute approximate surface area is 203 Å². The molecule has 0 radical (unpaired) electrons. The Balaban J connectivity index is 1.33. The van der Waals surface area contributed by atoms with E-state index in [0.717, 1.165) is 48.0 Å². The quantitative estimate of drug-likeness (QED) is 0.592. The molecule has 0 aliphatic carbocycles. The zero-order chi connectivity index (χ0) is 24.1. The number of ether oxygens (including phenoxy) is 2. The van der Waals surface area contributed by atoms with E-state index in [-0.39, 0.29) is 18.0 Å². The van der Waals surface area contributed by atoms with Gasteiger partial charge in [-0.15, -0.1) is 0 Å². The Morgan fingerprint density at radius 3 is 2.66 bits per heavy atom. The topological polar surface area (TPSA) is 88.8 Å². The number of hydrogen-bond donors (Lipinski definition) is 1. The largest absolute Gasteiger partial charge is 0.467 e. The molecule has 3 saturated heterocycles. The number of β-amino-alcohol motifs (C(OH)–C–C–N with tert-alkyl or cyclic N) is 1. The van der Waals surface area contributed by atoms with Gasteiger partial charge in [-0.3, -0.25) is 4.90 Å². The molecular formula is C25H31FN6O3. The molecule has 9 nitrogen and oxygen atoms in total. The highest BCUT2D eigenvalue weighted by Crippen LogP contribution is 2.36. The molecule has 0 saturated carbocycles. The highest BCUT2D eigenvalue weighted by molar-refractivity contribution is 5.82. The molecule has 10 heteroatoms. The number of fused-ring (bicyclic) bond motifs is 1. The van der Waals surface area contributed by atoms with Crippen molar-refractivity contribution in [3.63, 3.8) is 0 Å². The van der Waals surface area contributed by atoms with Crippen molar-refractivity contribution in [2.24, 2.45) is 0 Å². The summed E-state index contributed by atoms with van der Waals surface area (Å²) >= 11 is 0. The molecule has 1 N–H and O–H groups in total. The van der Waals surface area contributed by atoms with Gasteiger partial charge in [-0.25, -0.2) is 9.07 Å². The Kier molecular flexibility index (Phi) is 5.82. The Bertz CT molecular complexity index is 1220. The lowest BCUT2D eigenvalue weighted by Gasteiger charge is -2.38. The van der Waals surface area contributed by atoms with E-state index in [1.165, 1.54) is 7.11 Å². The fraction of sp³-hybridized carbons (Fsp3) is 0.560. The predicted octanol–water partition coefficient (Wildman–Crippen LogP) is 2.23. The molecule has 186 valence electrons. The van der Waals surface area contributed by atoms with E-state index in [2.05, 4.69) is 39.0 Å². The van der Waals surface area contributed by atoms with Gasteiger partial charge in [0.05, 0.1) is 31.5 Å². The SMILES string of the molecule is COc1nc(N2CC(O)C2)cc(-n2ncc3cc(C)c(C4CCN(C5CCOC5)CC4F)cc32)n1. The monoisotopic (exact) mass is 482 g/mol. The minimum Gasteiger partial charge on any atom is -0.467 e. The molecule has 3 aliphatic rings. The van der Waals surface area contributed by atoms with Crippen LogP contribution < -0.4 is 9.64 Å². The highest BCUT2D eigenvalue weighted by Gasteiger charge is 2.35. The van der Waals surface area contributed by atoms with Crippen LogP contribution in [0.25, 0.3) is 16.7 Å². The van der Waals surface area contributed by atoms with Crippen molar-refractivity contribution in [1.29, 1.82) is 0 Å². The summed E-state index contributed by atoms with van der Waals surface area (Å²) in [6.07, 6.45) is 2.30. The maximum absolute atomic E-state index is 15.5. The van der Waals surface area contributed by atoms with Crippen LogP contribution >= 0.6 is 0 Å². The number of piperidine rings is 1. The summed E-state index contributed by atoms with van der Waals surface area (Å²) in [5.41, 5.74) is 2.99. The van der Waals surface area contributed by atoms with Crippen LogP contribution in [-0.4, -0.2) is 94.6 Å². The van der Waals surface area contributed by atoms with Crippen LogP contribution in [0.2, 0.25) is 0 Å². The molecule has 5 heterocycles. The number of rotatable bonds is 5.